The van der Waals surface area contributed by atoms with E-state index in [0.29, 0.717) is 11.3 Å². The lowest BCUT2D eigenvalue weighted by molar-refractivity contribution is -0.137. The molecule has 110 valence electrons. The Morgan fingerprint density at radius 2 is 1.95 bits per heavy atom. The Morgan fingerprint density at radius 1 is 1.35 bits per heavy atom. The molecule has 0 amide bonds. The maximum Gasteiger partial charge on any atom is 0.379 e. The van der Waals surface area contributed by atoms with E-state index in [0.717, 1.165) is 10.0 Å². The Bertz CT molecular complexity index is 535. The van der Waals surface area contributed by atoms with Crippen molar-refractivity contribution in [2.24, 2.45) is 0 Å². The predicted octanol–water partition coefficient (Wildman–Crippen LogP) is 3.64. The van der Waals surface area contributed by atoms with E-state index in [-0.39, 0.29) is 18.1 Å². The minimum atomic E-state index is -0.860. The van der Waals surface area contributed by atoms with Crippen LogP contribution in [0.2, 0.25) is 0 Å². The van der Waals surface area contributed by atoms with Crippen molar-refractivity contribution in [1.82, 2.24) is 0 Å². The molecule has 0 saturated carbocycles. The SMILES string of the molecule is CCOC(=O)C(=O)c1c(C)c(Br)cc(C(C)C)c1OC. The summed E-state index contributed by atoms with van der Waals surface area (Å²) in [5, 5.41) is 0. The quantitative estimate of drug-likeness (QED) is 0.465. The van der Waals surface area contributed by atoms with E-state index >= 15 is 0 Å². The standard InChI is InChI=1S/C15H19BrO4/c1-6-20-15(18)13(17)12-9(4)11(16)7-10(8(2)3)14(12)19-5/h7-8H,6H2,1-5H3. The normalized spacial score (nSPS) is 10.6. The van der Waals surface area contributed by atoms with Crippen molar-refractivity contribution in [3.05, 3.63) is 27.2 Å². The third kappa shape index (κ3) is 3.20. The first-order chi connectivity index (χ1) is 9.34. The van der Waals surface area contributed by atoms with Crippen molar-refractivity contribution in [2.45, 2.75) is 33.6 Å². The zero-order chi connectivity index (χ0) is 15.4. The molecule has 1 rings (SSSR count). The van der Waals surface area contributed by atoms with E-state index in [9.17, 15) is 9.59 Å². The fraction of sp³-hybridized carbons (Fsp3) is 0.467. The molecule has 0 N–H and O–H groups in total. The van der Waals surface area contributed by atoms with Gasteiger partial charge in [0.05, 0.1) is 19.3 Å². The molecule has 1 aromatic carbocycles. The van der Waals surface area contributed by atoms with Gasteiger partial charge in [-0.15, -0.1) is 0 Å². The van der Waals surface area contributed by atoms with Crippen molar-refractivity contribution in [2.75, 3.05) is 13.7 Å². The number of ether oxygens (including phenoxy) is 2. The van der Waals surface area contributed by atoms with Gasteiger partial charge in [0, 0.05) is 4.47 Å². The van der Waals surface area contributed by atoms with Crippen molar-refractivity contribution in [1.29, 1.82) is 0 Å². The molecule has 20 heavy (non-hydrogen) atoms. The number of hydrogen-bond donors (Lipinski definition) is 0. The van der Waals surface area contributed by atoms with Gasteiger partial charge >= 0.3 is 5.97 Å². The van der Waals surface area contributed by atoms with E-state index in [1.807, 2.05) is 19.9 Å². The van der Waals surface area contributed by atoms with Crippen molar-refractivity contribution >= 4 is 27.7 Å². The minimum Gasteiger partial charge on any atom is -0.496 e. The highest BCUT2D eigenvalue weighted by atomic mass is 79.9. The maximum atomic E-state index is 12.3. The van der Waals surface area contributed by atoms with E-state index in [1.165, 1.54) is 7.11 Å². The molecular weight excluding hydrogens is 324 g/mol. The summed E-state index contributed by atoms with van der Waals surface area (Å²) in [5.74, 6) is -0.930. The average molecular weight is 343 g/mol. The lowest BCUT2D eigenvalue weighted by Crippen LogP contribution is -2.20. The van der Waals surface area contributed by atoms with Gasteiger partial charge in [-0.25, -0.2) is 4.79 Å². The highest BCUT2D eigenvalue weighted by molar-refractivity contribution is 9.10. The number of rotatable bonds is 5. The molecule has 4 nitrogen and oxygen atoms in total. The van der Waals surface area contributed by atoms with E-state index in [1.54, 1.807) is 13.8 Å². The number of benzene rings is 1. The van der Waals surface area contributed by atoms with Gasteiger partial charge in [0.15, 0.2) is 0 Å². The van der Waals surface area contributed by atoms with Crippen LogP contribution in [0.3, 0.4) is 0 Å². The summed E-state index contributed by atoms with van der Waals surface area (Å²) in [6.45, 7) is 7.59. The Labute approximate surface area is 127 Å². The largest absolute Gasteiger partial charge is 0.496 e. The molecule has 0 atom stereocenters. The van der Waals surface area contributed by atoms with E-state index in [2.05, 4.69) is 15.9 Å². The molecule has 0 aliphatic rings. The van der Waals surface area contributed by atoms with Gasteiger partial charge in [-0.1, -0.05) is 29.8 Å². The maximum absolute atomic E-state index is 12.3. The second-order valence-electron chi connectivity index (χ2n) is 4.69. The number of hydrogen-bond acceptors (Lipinski definition) is 4. The van der Waals surface area contributed by atoms with Gasteiger partial charge < -0.3 is 9.47 Å². The molecule has 0 spiro atoms. The lowest BCUT2D eigenvalue weighted by Gasteiger charge is -2.18. The number of carbonyl (C=O) groups is 2. The Balaban J connectivity index is 3.51. The molecule has 0 unspecified atom stereocenters. The predicted molar refractivity (Wildman–Crippen MR) is 80.5 cm³/mol. The molecule has 0 aliphatic heterocycles. The second-order valence-corrected chi connectivity index (χ2v) is 5.54. The molecule has 0 radical (unpaired) electrons. The number of esters is 1. The first kappa shape index (κ1) is 16.7. The summed E-state index contributed by atoms with van der Waals surface area (Å²) >= 11 is 3.43. The fourth-order valence-corrected chi connectivity index (χ4v) is 2.41. The van der Waals surface area contributed by atoms with Crippen LogP contribution >= 0.6 is 15.9 Å². The third-order valence-electron chi connectivity index (χ3n) is 3.02. The Kier molecular flexibility index (Phi) is 5.74. The van der Waals surface area contributed by atoms with Crippen LogP contribution in [0, 0.1) is 6.92 Å². The summed E-state index contributed by atoms with van der Waals surface area (Å²) in [6, 6.07) is 1.92. The number of ketones is 1. The fourth-order valence-electron chi connectivity index (χ4n) is 1.97. The van der Waals surface area contributed by atoms with Gasteiger partial charge in [-0.2, -0.15) is 0 Å². The minimum absolute atomic E-state index is 0.163. The molecular formula is C15H19BrO4. The van der Waals surface area contributed by atoms with Gasteiger partial charge in [0.25, 0.3) is 5.78 Å². The van der Waals surface area contributed by atoms with Crippen LogP contribution in [0.15, 0.2) is 10.5 Å². The first-order valence-corrected chi connectivity index (χ1v) is 7.22. The molecule has 5 heteroatoms. The van der Waals surface area contributed by atoms with E-state index in [4.69, 9.17) is 9.47 Å². The smallest absolute Gasteiger partial charge is 0.379 e. The highest BCUT2D eigenvalue weighted by Crippen LogP contribution is 2.37. The van der Waals surface area contributed by atoms with Gasteiger partial charge in [0.1, 0.15) is 5.75 Å². The third-order valence-corrected chi connectivity index (χ3v) is 3.84. The van der Waals surface area contributed by atoms with Gasteiger partial charge in [-0.05, 0) is 37.0 Å². The highest BCUT2D eigenvalue weighted by Gasteiger charge is 2.27. The van der Waals surface area contributed by atoms with Crippen molar-refractivity contribution < 1.29 is 19.1 Å². The number of Topliss-reactive ketones (excluding diaryl/α,β-unsaturated/α-hetero) is 1. The summed E-state index contributed by atoms with van der Waals surface area (Å²) in [5.41, 5.74) is 1.81. The van der Waals surface area contributed by atoms with Crippen LogP contribution in [-0.2, 0) is 9.53 Å². The van der Waals surface area contributed by atoms with Crippen LogP contribution in [0.25, 0.3) is 0 Å². The number of methoxy groups -OCH3 is 1. The van der Waals surface area contributed by atoms with Crippen LogP contribution in [0.5, 0.6) is 5.75 Å². The topological polar surface area (TPSA) is 52.6 Å². The van der Waals surface area contributed by atoms with Crippen LogP contribution in [-0.4, -0.2) is 25.5 Å². The summed E-state index contributed by atoms with van der Waals surface area (Å²) < 4.78 is 10.9. The second kappa shape index (κ2) is 6.88. The number of halogens is 1. The van der Waals surface area contributed by atoms with Gasteiger partial charge in [0.2, 0.25) is 0 Å². The Hall–Kier alpha value is -1.36. The summed E-state index contributed by atoms with van der Waals surface area (Å²) in [7, 11) is 1.50. The summed E-state index contributed by atoms with van der Waals surface area (Å²) in [4.78, 5) is 24.0. The summed E-state index contributed by atoms with van der Waals surface area (Å²) in [6.07, 6.45) is 0. The average Bonchev–Trinajstić information content (AvgIpc) is 2.40. The molecule has 0 fully saturated rings. The molecule has 0 aromatic heterocycles. The lowest BCUT2D eigenvalue weighted by atomic mass is 9.94. The van der Waals surface area contributed by atoms with Crippen LogP contribution in [0.4, 0.5) is 0 Å². The zero-order valence-electron chi connectivity index (χ0n) is 12.4. The number of carbonyl (C=O) groups excluding carboxylic acids is 2. The molecule has 0 aliphatic carbocycles. The first-order valence-electron chi connectivity index (χ1n) is 6.43. The van der Waals surface area contributed by atoms with Gasteiger partial charge in [-0.3, -0.25) is 4.79 Å². The molecule has 0 saturated heterocycles. The zero-order valence-corrected chi connectivity index (χ0v) is 14.0. The van der Waals surface area contributed by atoms with Crippen LogP contribution in [0.1, 0.15) is 48.2 Å². The van der Waals surface area contributed by atoms with Crippen LogP contribution < -0.4 is 4.74 Å². The van der Waals surface area contributed by atoms with E-state index < -0.39 is 11.8 Å². The van der Waals surface area contributed by atoms with Crippen molar-refractivity contribution in [3.63, 3.8) is 0 Å². The molecule has 0 heterocycles. The monoisotopic (exact) mass is 342 g/mol. The van der Waals surface area contributed by atoms with Crippen molar-refractivity contribution in [3.8, 4) is 5.75 Å². The molecule has 1 aromatic rings. The Morgan fingerprint density at radius 3 is 2.40 bits per heavy atom. The molecule has 0 bridgehead atoms.